The summed E-state index contributed by atoms with van der Waals surface area (Å²) in [6.45, 7) is 1.98. The van der Waals surface area contributed by atoms with Crippen LogP contribution in [-0.4, -0.2) is 48.1 Å². The van der Waals surface area contributed by atoms with Gasteiger partial charge in [-0.05, 0) is 36.4 Å². The van der Waals surface area contributed by atoms with Gasteiger partial charge in [0.1, 0.15) is 5.56 Å². The van der Waals surface area contributed by atoms with Crippen LogP contribution in [0.2, 0.25) is 10.0 Å². The summed E-state index contributed by atoms with van der Waals surface area (Å²) in [5.41, 5.74) is 2.40. The molecule has 2 aliphatic heterocycles. The van der Waals surface area contributed by atoms with Crippen molar-refractivity contribution in [3.05, 3.63) is 64.3 Å². The smallest absolute Gasteiger partial charge is 0.268 e. The molecule has 9 nitrogen and oxygen atoms in total. The highest BCUT2D eigenvalue weighted by atomic mass is 35.5. The maximum absolute atomic E-state index is 13.0. The molecule has 2 aliphatic rings. The Kier molecular flexibility index (Phi) is 6.12. The summed E-state index contributed by atoms with van der Waals surface area (Å²) in [7, 11) is 0. The molecular formula is C23H20Cl2N6O3. The van der Waals surface area contributed by atoms with Crippen molar-refractivity contribution in [3.63, 3.8) is 0 Å². The summed E-state index contributed by atoms with van der Waals surface area (Å²) in [6, 6.07) is 12.8. The maximum atomic E-state index is 13.0. The third-order valence-corrected chi connectivity index (χ3v) is 6.18. The fourth-order valence-electron chi connectivity index (χ4n) is 3.84. The standard InChI is InChI=1S/C23H20Cl2N6O3/c24-17-2-1-3-18(25)20(17)31-13-34-21-16(22(31)33)12-27-23(29-21)28-14-4-6-15(7-5-14)30-10-8-19(32)26-9-11-30/h1-7,12H,8-11,13H2,(H,26,32)(H,27,28,29). The lowest BCUT2D eigenvalue weighted by Gasteiger charge is -2.29. The second-order valence-corrected chi connectivity index (χ2v) is 8.56. The van der Waals surface area contributed by atoms with Gasteiger partial charge in [-0.25, -0.2) is 4.98 Å². The van der Waals surface area contributed by atoms with E-state index in [0.717, 1.165) is 17.9 Å². The van der Waals surface area contributed by atoms with Crippen LogP contribution in [0.1, 0.15) is 16.8 Å². The number of anilines is 4. The molecule has 3 aromatic rings. The van der Waals surface area contributed by atoms with Crippen molar-refractivity contribution in [2.45, 2.75) is 6.42 Å². The van der Waals surface area contributed by atoms with Crippen LogP contribution in [0, 0.1) is 0 Å². The molecule has 2 aromatic carbocycles. The van der Waals surface area contributed by atoms with E-state index in [1.165, 1.54) is 11.1 Å². The minimum Gasteiger partial charge on any atom is -0.455 e. The molecule has 0 spiro atoms. The molecule has 34 heavy (non-hydrogen) atoms. The van der Waals surface area contributed by atoms with Gasteiger partial charge in [0.05, 0.1) is 15.7 Å². The Morgan fingerprint density at radius 2 is 1.79 bits per heavy atom. The predicted octanol–water partition coefficient (Wildman–Crippen LogP) is 3.85. The highest BCUT2D eigenvalue weighted by Gasteiger charge is 2.31. The number of hydrogen-bond donors (Lipinski definition) is 2. The van der Waals surface area contributed by atoms with E-state index < -0.39 is 0 Å². The number of carbonyl (C=O) groups excluding carboxylic acids is 2. The number of rotatable bonds is 4. The molecule has 2 amide bonds. The summed E-state index contributed by atoms with van der Waals surface area (Å²) in [6.07, 6.45) is 1.89. The summed E-state index contributed by atoms with van der Waals surface area (Å²) in [5, 5.41) is 6.69. The minimum atomic E-state index is -0.349. The zero-order valence-electron chi connectivity index (χ0n) is 17.9. The summed E-state index contributed by atoms with van der Waals surface area (Å²) >= 11 is 12.5. The maximum Gasteiger partial charge on any atom is 0.268 e. The Morgan fingerprint density at radius 1 is 1.03 bits per heavy atom. The van der Waals surface area contributed by atoms with Crippen LogP contribution in [0.3, 0.4) is 0 Å². The van der Waals surface area contributed by atoms with Gasteiger partial charge in [-0.1, -0.05) is 29.3 Å². The molecule has 1 saturated heterocycles. The fraction of sp³-hybridized carbons (Fsp3) is 0.217. The lowest BCUT2D eigenvalue weighted by molar-refractivity contribution is -0.120. The number of ether oxygens (including phenoxy) is 1. The number of fused-ring (bicyclic) bond motifs is 1. The molecule has 11 heteroatoms. The molecular weight excluding hydrogens is 479 g/mol. The van der Waals surface area contributed by atoms with Crippen molar-refractivity contribution in [2.24, 2.45) is 0 Å². The number of benzene rings is 2. The monoisotopic (exact) mass is 498 g/mol. The van der Waals surface area contributed by atoms with E-state index in [4.69, 9.17) is 27.9 Å². The molecule has 3 heterocycles. The van der Waals surface area contributed by atoms with Gasteiger partial charge in [-0.2, -0.15) is 4.98 Å². The molecule has 0 saturated carbocycles. The molecule has 174 valence electrons. The van der Waals surface area contributed by atoms with Crippen molar-refractivity contribution in [2.75, 3.05) is 41.5 Å². The number of amides is 2. The normalized spacial score (nSPS) is 15.8. The van der Waals surface area contributed by atoms with E-state index in [-0.39, 0.29) is 30.0 Å². The number of nitrogens with one attached hydrogen (secondary N) is 2. The summed E-state index contributed by atoms with van der Waals surface area (Å²) < 4.78 is 5.72. The van der Waals surface area contributed by atoms with Gasteiger partial charge < -0.3 is 20.3 Å². The van der Waals surface area contributed by atoms with Crippen molar-refractivity contribution >= 4 is 58.0 Å². The number of hydrogen-bond acceptors (Lipinski definition) is 7. The van der Waals surface area contributed by atoms with Gasteiger partial charge in [0.2, 0.25) is 17.7 Å². The summed E-state index contributed by atoms with van der Waals surface area (Å²) in [4.78, 5) is 36.7. The van der Waals surface area contributed by atoms with Crippen LogP contribution in [-0.2, 0) is 4.79 Å². The van der Waals surface area contributed by atoms with Crippen LogP contribution < -0.4 is 25.2 Å². The van der Waals surface area contributed by atoms with Crippen LogP contribution in [0.15, 0.2) is 48.7 Å². The number of aromatic nitrogens is 2. The highest BCUT2D eigenvalue weighted by Crippen LogP contribution is 2.37. The SMILES string of the molecule is O=C1CCN(c2ccc(Nc3ncc4c(n3)OCN(c3c(Cl)cccc3Cl)C4=O)cc2)CCN1. The van der Waals surface area contributed by atoms with Crippen LogP contribution >= 0.6 is 23.2 Å². The first kappa shape index (κ1) is 22.2. The van der Waals surface area contributed by atoms with E-state index in [2.05, 4.69) is 25.5 Å². The summed E-state index contributed by atoms with van der Waals surface area (Å²) in [5.74, 6) is 0.204. The van der Waals surface area contributed by atoms with Crippen molar-refractivity contribution in [3.8, 4) is 5.88 Å². The topological polar surface area (TPSA) is 99.7 Å². The first-order valence-corrected chi connectivity index (χ1v) is 11.4. The molecule has 2 N–H and O–H groups in total. The van der Waals surface area contributed by atoms with Gasteiger partial charge in [-0.3, -0.25) is 14.5 Å². The van der Waals surface area contributed by atoms with Crippen molar-refractivity contribution in [1.29, 1.82) is 0 Å². The molecule has 0 aliphatic carbocycles. The first-order chi connectivity index (χ1) is 16.5. The van der Waals surface area contributed by atoms with Crippen LogP contribution in [0.5, 0.6) is 5.88 Å². The Balaban J connectivity index is 1.30. The zero-order valence-corrected chi connectivity index (χ0v) is 19.4. The molecule has 1 aromatic heterocycles. The van der Waals surface area contributed by atoms with Crippen molar-refractivity contribution < 1.29 is 14.3 Å². The van der Waals surface area contributed by atoms with Gasteiger partial charge in [0.25, 0.3) is 5.91 Å². The van der Waals surface area contributed by atoms with E-state index in [1.807, 2.05) is 24.3 Å². The molecule has 0 unspecified atom stereocenters. The largest absolute Gasteiger partial charge is 0.455 e. The van der Waals surface area contributed by atoms with E-state index in [1.54, 1.807) is 18.2 Å². The lowest BCUT2D eigenvalue weighted by Crippen LogP contribution is -2.39. The Labute approximate surface area is 205 Å². The number of carbonyl (C=O) groups is 2. The van der Waals surface area contributed by atoms with E-state index in [9.17, 15) is 9.59 Å². The molecule has 0 radical (unpaired) electrons. The van der Waals surface area contributed by atoms with Crippen LogP contribution in [0.4, 0.5) is 23.0 Å². The van der Waals surface area contributed by atoms with Gasteiger partial charge >= 0.3 is 0 Å². The number of para-hydroxylation sites is 1. The Hall–Kier alpha value is -3.56. The molecule has 1 fully saturated rings. The second-order valence-electron chi connectivity index (χ2n) is 7.75. The van der Waals surface area contributed by atoms with Gasteiger partial charge in [0, 0.05) is 43.6 Å². The average Bonchev–Trinajstić information content (AvgIpc) is 3.05. The number of nitrogens with zero attached hydrogens (tertiary/aromatic N) is 4. The van der Waals surface area contributed by atoms with Crippen LogP contribution in [0.25, 0.3) is 0 Å². The highest BCUT2D eigenvalue weighted by molar-refractivity contribution is 6.40. The van der Waals surface area contributed by atoms with E-state index >= 15 is 0 Å². The number of halogens is 2. The predicted molar refractivity (Wildman–Crippen MR) is 130 cm³/mol. The fourth-order valence-corrected chi connectivity index (χ4v) is 4.44. The Bertz CT molecular complexity index is 1230. The van der Waals surface area contributed by atoms with Gasteiger partial charge in [-0.15, -0.1) is 0 Å². The third kappa shape index (κ3) is 4.44. The quantitative estimate of drug-likeness (QED) is 0.563. The molecule has 0 atom stereocenters. The molecule has 5 rings (SSSR count). The van der Waals surface area contributed by atoms with Gasteiger partial charge in [0.15, 0.2) is 6.73 Å². The van der Waals surface area contributed by atoms with Crippen molar-refractivity contribution in [1.82, 2.24) is 15.3 Å². The average molecular weight is 499 g/mol. The second kappa shape index (κ2) is 9.36. The first-order valence-electron chi connectivity index (χ1n) is 10.6. The minimum absolute atomic E-state index is 0.0733. The Morgan fingerprint density at radius 3 is 2.56 bits per heavy atom. The molecule has 0 bridgehead atoms. The lowest BCUT2D eigenvalue weighted by atomic mass is 10.2. The third-order valence-electron chi connectivity index (χ3n) is 5.57. The van der Waals surface area contributed by atoms with E-state index in [0.29, 0.717) is 41.2 Å². The zero-order chi connectivity index (χ0) is 23.7.